The second-order valence-corrected chi connectivity index (χ2v) is 5.97. The van der Waals surface area contributed by atoms with E-state index in [2.05, 4.69) is 15.2 Å². The molecule has 0 fully saturated rings. The van der Waals surface area contributed by atoms with Crippen molar-refractivity contribution < 1.29 is 9.47 Å². The van der Waals surface area contributed by atoms with Crippen LogP contribution in [0.5, 0.6) is 17.5 Å². The number of nitrogens with one attached hydrogen (secondary N) is 2. The van der Waals surface area contributed by atoms with E-state index in [1.165, 1.54) is 0 Å². The van der Waals surface area contributed by atoms with Crippen molar-refractivity contribution in [1.29, 1.82) is 5.26 Å². The molecule has 0 aliphatic carbocycles. The maximum atomic E-state index is 12.1. The number of aryl methyl sites for hydroxylation is 1. The third-order valence-electron chi connectivity index (χ3n) is 4.55. The molecule has 0 spiro atoms. The Morgan fingerprint density at radius 1 is 1.31 bits per heavy atom. The number of methoxy groups -OCH3 is 1. The molecule has 1 atom stereocenters. The lowest BCUT2D eigenvalue weighted by Crippen LogP contribution is -2.22. The standard InChI is InChI=1S/C18H15N5O3/c1-8-12-13(9-3-5-10(25-2)6-4-9)14-15(20)11(7-19)16(24)21-17(14)26-18(12)23-22-8/h3-6,13H,1-2H3,(H,22,23)(H3,20,21,24)/t13-/m1/s1. The quantitative estimate of drug-likeness (QED) is 0.508. The van der Waals surface area contributed by atoms with Crippen molar-refractivity contribution in [2.75, 3.05) is 12.8 Å². The first-order valence-electron chi connectivity index (χ1n) is 7.87. The number of pyridine rings is 1. The highest BCUT2D eigenvalue weighted by Crippen LogP contribution is 2.49. The molecule has 26 heavy (non-hydrogen) atoms. The van der Waals surface area contributed by atoms with Crippen LogP contribution in [0.2, 0.25) is 0 Å². The molecule has 3 aromatic rings. The molecule has 1 aromatic carbocycles. The van der Waals surface area contributed by atoms with Crippen molar-refractivity contribution in [2.45, 2.75) is 12.8 Å². The van der Waals surface area contributed by atoms with E-state index in [4.69, 9.17) is 15.2 Å². The van der Waals surface area contributed by atoms with Gasteiger partial charge in [0.1, 0.15) is 17.4 Å². The molecule has 3 heterocycles. The fourth-order valence-corrected chi connectivity index (χ4v) is 3.29. The van der Waals surface area contributed by atoms with E-state index in [9.17, 15) is 10.1 Å². The number of nitrogen functional groups attached to an aromatic ring is 1. The molecule has 8 heteroatoms. The number of H-pyrrole nitrogens is 2. The molecule has 0 amide bonds. The number of nitriles is 1. The number of fused-ring (bicyclic) bond motifs is 2. The summed E-state index contributed by atoms with van der Waals surface area (Å²) in [5.74, 6) is 0.946. The van der Waals surface area contributed by atoms with Gasteiger partial charge in [-0.25, -0.2) is 0 Å². The molecule has 4 rings (SSSR count). The van der Waals surface area contributed by atoms with Crippen LogP contribution in [-0.2, 0) is 0 Å². The van der Waals surface area contributed by atoms with E-state index in [0.717, 1.165) is 22.6 Å². The van der Waals surface area contributed by atoms with E-state index in [1.807, 2.05) is 37.3 Å². The molecule has 0 radical (unpaired) electrons. The third-order valence-corrected chi connectivity index (χ3v) is 4.55. The first kappa shape index (κ1) is 15.8. The molecule has 0 bridgehead atoms. The summed E-state index contributed by atoms with van der Waals surface area (Å²) in [4.78, 5) is 14.7. The fraction of sp³-hybridized carbons (Fsp3) is 0.167. The Hall–Kier alpha value is -3.73. The van der Waals surface area contributed by atoms with Gasteiger partial charge in [0, 0.05) is 22.7 Å². The molecule has 1 aliphatic heterocycles. The Morgan fingerprint density at radius 3 is 2.69 bits per heavy atom. The average Bonchev–Trinajstić information content (AvgIpc) is 3.01. The third kappa shape index (κ3) is 2.14. The van der Waals surface area contributed by atoms with Crippen LogP contribution in [-0.4, -0.2) is 22.3 Å². The first-order chi connectivity index (χ1) is 12.5. The molecule has 4 N–H and O–H groups in total. The Kier molecular flexibility index (Phi) is 3.44. The maximum Gasteiger partial charge on any atom is 0.270 e. The van der Waals surface area contributed by atoms with Gasteiger partial charge < -0.3 is 15.2 Å². The van der Waals surface area contributed by atoms with Crippen molar-refractivity contribution in [2.24, 2.45) is 0 Å². The lowest BCUT2D eigenvalue weighted by molar-refractivity contribution is 0.413. The minimum absolute atomic E-state index is 0.110. The van der Waals surface area contributed by atoms with Crippen LogP contribution in [0, 0.1) is 18.3 Å². The molecule has 8 nitrogen and oxygen atoms in total. The number of aromatic nitrogens is 3. The topological polar surface area (TPSA) is 130 Å². The summed E-state index contributed by atoms with van der Waals surface area (Å²) in [7, 11) is 1.60. The second kappa shape index (κ2) is 5.67. The van der Waals surface area contributed by atoms with E-state index >= 15 is 0 Å². The monoisotopic (exact) mass is 349 g/mol. The van der Waals surface area contributed by atoms with Crippen LogP contribution in [0.25, 0.3) is 0 Å². The van der Waals surface area contributed by atoms with Crippen molar-refractivity contribution in [3.63, 3.8) is 0 Å². The van der Waals surface area contributed by atoms with Gasteiger partial charge in [0.2, 0.25) is 11.8 Å². The molecule has 1 aliphatic rings. The zero-order valence-electron chi connectivity index (χ0n) is 14.1. The summed E-state index contributed by atoms with van der Waals surface area (Å²) in [6.07, 6.45) is 0. The van der Waals surface area contributed by atoms with Gasteiger partial charge in [-0.3, -0.25) is 14.9 Å². The largest absolute Gasteiger partial charge is 0.497 e. The highest BCUT2D eigenvalue weighted by atomic mass is 16.5. The second-order valence-electron chi connectivity index (χ2n) is 5.97. The van der Waals surface area contributed by atoms with Gasteiger partial charge in [-0.1, -0.05) is 12.1 Å². The molecule has 2 aromatic heterocycles. The minimum atomic E-state index is -0.590. The van der Waals surface area contributed by atoms with Crippen molar-refractivity contribution in [3.05, 3.63) is 62.6 Å². The smallest absolute Gasteiger partial charge is 0.270 e. The summed E-state index contributed by atoms with van der Waals surface area (Å²) >= 11 is 0. The summed E-state index contributed by atoms with van der Waals surface area (Å²) < 4.78 is 11.0. The Balaban J connectivity index is 2.02. The van der Waals surface area contributed by atoms with E-state index in [-0.39, 0.29) is 23.0 Å². The summed E-state index contributed by atoms with van der Waals surface area (Å²) in [6, 6.07) is 9.36. The Bertz CT molecular complexity index is 1110. The number of rotatable bonds is 2. The highest BCUT2D eigenvalue weighted by Gasteiger charge is 2.36. The summed E-state index contributed by atoms with van der Waals surface area (Å²) in [6.45, 7) is 1.88. The van der Waals surface area contributed by atoms with E-state index < -0.39 is 5.56 Å². The zero-order chi connectivity index (χ0) is 18.4. The van der Waals surface area contributed by atoms with Gasteiger partial charge in [0.05, 0.1) is 12.8 Å². The van der Waals surface area contributed by atoms with Crippen LogP contribution >= 0.6 is 0 Å². The number of nitrogens with two attached hydrogens (primary N) is 1. The van der Waals surface area contributed by atoms with Crippen LogP contribution in [0.4, 0.5) is 5.69 Å². The van der Waals surface area contributed by atoms with E-state index in [1.54, 1.807) is 7.11 Å². The number of ether oxygens (including phenoxy) is 2. The van der Waals surface area contributed by atoms with E-state index in [0.29, 0.717) is 11.4 Å². The highest BCUT2D eigenvalue weighted by molar-refractivity contribution is 5.69. The molecule has 0 unspecified atom stereocenters. The van der Waals surface area contributed by atoms with Crippen LogP contribution in [0.15, 0.2) is 29.1 Å². The average molecular weight is 349 g/mol. The molecular weight excluding hydrogens is 334 g/mol. The number of benzene rings is 1. The number of hydrogen-bond acceptors (Lipinski definition) is 6. The van der Waals surface area contributed by atoms with Crippen LogP contribution < -0.4 is 20.8 Å². The number of anilines is 1. The normalized spacial score (nSPS) is 14.7. The fourth-order valence-electron chi connectivity index (χ4n) is 3.29. The maximum absolute atomic E-state index is 12.1. The molecule has 0 saturated heterocycles. The number of nitrogens with zero attached hydrogens (tertiary/aromatic N) is 2. The Labute approximate surface area is 148 Å². The van der Waals surface area contributed by atoms with Crippen molar-refractivity contribution in [1.82, 2.24) is 15.2 Å². The number of aromatic amines is 2. The Morgan fingerprint density at radius 2 is 2.04 bits per heavy atom. The van der Waals surface area contributed by atoms with Gasteiger partial charge >= 0.3 is 0 Å². The number of hydrogen-bond donors (Lipinski definition) is 3. The summed E-state index contributed by atoms with van der Waals surface area (Å²) in [5, 5.41) is 16.4. The molecule has 130 valence electrons. The lowest BCUT2D eigenvalue weighted by Gasteiger charge is -2.27. The van der Waals surface area contributed by atoms with Crippen molar-refractivity contribution in [3.8, 4) is 23.6 Å². The SMILES string of the molecule is COc1ccc([C@@H]2c3c(n[nH]c3C)Oc3[nH]c(=O)c(C#N)c(N)c32)cc1. The van der Waals surface area contributed by atoms with Gasteiger partial charge in [0.25, 0.3) is 5.56 Å². The first-order valence-corrected chi connectivity index (χ1v) is 7.87. The van der Waals surface area contributed by atoms with Gasteiger partial charge in [0.15, 0.2) is 0 Å². The zero-order valence-corrected chi connectivity index (χ0v) is 14.1. The minimum Gasteiger partial charge on any atom is -0.497 e. The van der Waals surface area contributed by atoms with Gasteiger partial charge in [-0.2, -0.15) is 5.26 Å². The van der Waals surface area contributed by atoms with Crippen LogP contribution in [0.3, 0.4) is 0 Å². The predicted molar refractivity (Wildman–Crippen MR) is 93.5 cm³/mol. The van der Waals surface area contributed by atoms with Gasteiger partial charge in [-0.05, 0) is 24.6 Å². The van der Waals surface area contributed by atoms with Crippen LogP contribution in [0.1, 0.15) is 33.9 Å². The summed E-state index contributed by atoms with van der Waals surface area (Å²) in [5.41, 5.74) is 8.66. The van der Waals surface area contributed by atoms with Crippen molar-refractivity contribution >= 4 is 5.69 Å². The van der Waals surface area contributed by atoms with Gasteiger partial charge in [-0.15, -0.1) is 5.10 Å². The molecule has 0 saturated carbocycles. The molecular formula is C18H15N5O3. The predicted octanol–water partition coefficient (Wildman–Crippen LogP) is 2.15. The lowest BCUT2D eigenvalue weighted by atomic mass is 9.83.